The Morgan fingerprint density at radius 1 is 1.14 bits per heavy atom. The standard InChI is InChI=1S/C14H17N3O5/c1-9(18)17-11-5-3-4-10(6-11)14(21)22-8-13(20)16-7-12(19)15-2/h3-6H,7-8H2,1-2H3,(H,15,19)(H,16,20)(H,17,18). The van der Waals surface area contributed by atoms with Crippen molar-refractivity contribution in [2.45, 2.75) is 6.92 Å². The normalized spacial score (nSPS) is 9.55. The van der Waals surface area contributed by atoms with Crippen molar-refractivity contribution in [2.75, 3.05) is 25.5 Å². The van der Waals surface area contributed by atoms with Gasteiger partial charge in [-0.1, -0.05) is 6.07 Å². The highest BCUT2D eigenvalue weighted by Crippen LogP contribution is 2.11. The van der Waals surface area contributed by atoms with Crippen LogP contribution in [0.4, 0.5) is 5.69 Å². The summed E-state index contributed by atoms with van der Waals surface area (Å²) in [5.41, 5.74) is 0.649. The Morgan fingerprint density at radius 2 is 1.86 bits per heavy atom. The number of esters is 1. The molecular weight excluding hydrogens is 290 g/mol. The van der Waals surface area contributed by atoms with Gasteiger partial charge in [0.1, 0.15) is 0 Å². The summed E-state index contributed by atoms with van der Waals surface area (Å²) in [5.74, 6) is -1.92. The second-order valence-corrected chi connectivity index (χ2v) is 4.29. The lowest BCUT2D eigenvalue weighted by Crippen LogP contribution is -2.37. The summed E-state index contributed by atoms with van der Waals surface area (Å²) in [6.45, 7) is 0.660. The molecule has 0 aliphatic heterocycles. The zero-order chi connectivity index (χ0) is 16.5. The number of rotatable bonds is 6. The lowest BCUT2D eigenvalue weighted by molar-refractivity contribution is -0.127. The second kappa shape index (κ2) is 8.40. The number of nitrogens with one attached hydrogen (secondary N) is 3. The third kappa shape index (κ3) is 6.04. The highest BCUT2D eigenvalue weighted by molar-refractivity contribution is 5.94. The quantitative estimate of drug-likeness (QED) is 0.622. The maximum Gasteiger partial charge on any atom is 0.338 e. The van der Waals surface area contributed by atoms with Crippen molar-refractivity contribution < 1.29 is 23.9 Å². The van der Waals surface area contributed by atoms with Crippen LogP contribution in [0.3, 0.4) is 0 Å². The third-order valence-corrected chi connectivity index (χ3v) is 2.48. The van der Waals surface area contributed by atoms with Crippen LogP contribution in [0, 0.1) is 0 Å². The summed E-state index contributed by atoms with van der Waals surface area (Å²) < 4.78 is 4.82. The number of ether oxygens (including phenoxy) is 1. The Bertz CT molecular complexity index is 586. The monoisotopic (exact) mass is 307 g/mol. The topological polar surface area (TPSA) is 114 Å². The number of carbonyl (C=O) groups is 4. The first-order chi connectivity index (χ1) is 10.4. The zero-order valence-corrected chi connectivity index (χ0v) is 12.3. The molecule has 0 bridgehead atoms. The highest BCUT2D eigenvalue weighted by Gasteiger charge is 2.11. The van der Waals surface area contributed by atoms with Gasteiger partial charge in [-0.2, -0.15) is 0 Å². The molecule has 1 aromatic rings. The van der Waals surface area contributed by atoms with E-state index in [-0.39, 0.29) is 23.9 Å². The number of anilines is 1. The summed E-state index contributed by atoms with van der Waals surface area (Å²) >= 11 is 0. The molecule has 1 rings (SSSR count). The van der Waals surface area contributed by atoms with Crippen molar-refractivity contribution in [1.82, 2.24) is 10.6 Å². The van der Waals surface area contributed by atoms with Gasteiger partial charge in [-0.05, 0) is 18.2 Å². The van der Waals surface area contributed by atoms with E-state index in [0.717, 1.165) is 0 Å². The fraction of sp³-hybridized carbons (Fsp3) is 0.286. The van der Waals surface area contributed by atoms with Crippen LogP contribution >= 0.6 is 0 Å². The van der Waals surface area contributed by atoms with E-state index in [1.54, 1.807) is 12.1 Å². The number of hydrogen-bond acceptors (Lipinski definition) is 5. The molecule has 0 saturated heterocycles. The zero-order valence-electron chi connectivity index (χ0n) is 12.3. The molecule has 0 radical (unpaired) electrons. The third-order valence-electron chi connectivity index (χ3n) is 2.48. The van der Waals surface area contributed by atoms with Crippen molar-refractivity contribution >= 4 is 29.4 Å². The van der Waals surface area contributed by atoms with Gasteiger partial charge in [-0.15, -0.1) is 0 Å². The summed E-state index contributed by atoms with van der Waals surface area (Å²) in [6, 6.07) is 6.13. The van der Waals surface area contributed by atoms with E-state index in [4.69, 9.17) is 4.74 Å². The van der Waals surface area contributed by atoms with Gasteiger partial charge in [0.15, 0.2) is 6.61 Å². The summed E-state index contributed by atoms with van der Waals surface area (Å²) in [7, 11) is 1.44. The number of likely N-dealkylation sites (N-methyl/N-ethyl adjacent to an activating group) is 1. The minimum Gasteiger partial charge on any atom is -0.452 e. The Kier molecular flexibility index (Phi) is 6.55. The molecule has 0 aromatic heterocycles. The van der Waals surface area contributed by atoms with Crippen molar-refractivity contribution in [1.29, 1.82) is 0 Å². The van der Waals surface area contributed by atoms with Gasteiger partial charge in [-0.25, -0.2) is 4.79 Å². The fourth-order valence-electron chi connectivity index (χ4n) is 1.46. The smallest absolute Gasteiger partial charge is 0.338 e. The molecule has 8 heteroatoms. The highest BCUT2D eigenvalue weighted by atomic mass is 16.5. The predicted octanol–water partition coefficient (Wildman–Crippen LogP) is -0.336. The summed E-state index contributed by atoms with van der Waals surface area (Å²) in [6.07, 6.45) is 0. The molecule has 0 aliphatic rings. The van der Waals surface area contributed by atoms with Crippen LogP contribution in [0.1, 0.15) is 17.3 Å². The molecule has 1 aromatic carbocycles. The van der Waals surface area contributed by atoms with E-state index in [0.29, 0.717) is 5.69 Å². The van der Waals surface area contributed by atoms with Crippen LogP contribution < -0.4 is 16.0 Å². The van der Waals surface area contributed by atoms with Gasteiger partial charge in [0.05, 0.1) is 12.1 Å². The second-order valence-electron chi connectivity index (χ2n) is 4.29. The minimum absolute atomic E-state index is 0.190. The first-order valence-electron chi connectivity index (χ1n) is 6.44. The van der Waals surface area contributed by atoms with Gasteiger partial charge in [0, 0.05) is 19.7 Å². The Morgan fingerprint density at radius 3 is 2.50 bits per heavy atom. The van der Waals surface area contributed by atoms with Crippen LogP contribution in [0.15, 0.2) is 24.3 Å². The maximum atomic E-state index is 11.8. The molecule has 0 fully saturated rings. The lowest BCUT2D eigenvalue weighted by Gasteiger charge is -2.07. The summed E-state index contributed by atoms with van der Waals surface area (Å²) in [5, 5.41) is 7.16. The molecule has 3 amide bonds. The van der Waals surface area contributed by atoms with Crippen molar-refractivity contribution in [3.8, 4) is 0 Å². The van der Waals surface area contributed by atoms with Crippen molar-refractivity contribution in [2.24, 2.45) is 0 Å². The first kappa shape index (κ1) is 17.2. The van der Waals surface area contributed by atoms with E-state index < -0.39 is 18.5 Å². The van der Waals surface area contributed by atoms with Crippen LogP contribution in [0.25, 0.3) is 0 Å². The van der Waals surface area contributed by atoms with E-state index in [9.17, 15) is 19.2 Å². The van der Waals surface area contributed by atoms with Crippen LogP contribution in [0.5, 0.6) is 0 Å². The summed E-state index contributed by atoms with van der Waals surface area (Å²) in [4.78, 5) is 45.1. The van der Waals surface area contributed by atoms with E-state index in [1.807, 2.05) is 0 Å². The van der Waals surface area contributed by atoms with Gasteiger partial charge >= 0.3 is 5.97 Å². The number of benzene rings is 1. The van der Waals surface area contributed by atoms with Gasteiger partial charge in [0.2, 0.25) is 11.8 Å². The van der Waals surface area contributed by atoms with E-state index in [1.165, 1.54) is 26.1 Å². The van der Waals surface area contributed by atoms with Crippen LogP contribution in [-0.4, -0.2) is 43.9 Å². The number of carbonyl (C=O) groups excluding carboxylic acids is 4. The SMILES string of the molecule is CNC(=O)CNC(=O)COC(=O)c1cccc(NC(C)=O)c1. The lowest BCUT2D eigenvalue weighted by atomic mass is 10.2. The number of amides is 3. The van der Waals surface area contributed by atoms with Crippen LogP contribution in [0.2, 0.25) is 0 Å². The average Bonchev–Trinajstić information content (AvgIpc) is 2.49. The molecule has 3 N–H and O–H groups in total. The molecule has 0 aliphatic carbocycles. The van der Waals surface area contributed by atoms with Gasteiger partial charge in [0.25, 0.3) is 5.91 Å². The molecule has 0 saturated carbocycles. The minimum atomic E-state index is -0.706. The maximum absolute atomic E-state index is 11.8. The molecule has 0 heterocycles. The fourth-order valence-corrected chi connectivity index (χ4v) is 1.46. The van der Waals surface area contributed by atoms with Gasteiger partial charge in [-0.3, -0.25) is 14.4 Å². The molecule has 118 valence electrons. The predicted molar refractivity (Wildman–Crippen MR) is 78.1 cm³/mol. The first-order valence-corrected chi connectivity index (χ1v) is 6.44. The van der Waals surface area contributed by atoms with Gasteiger partial charge < -0.3 is 20.7 Å². The molecule has 22 heavy (non-hydrogen) atoms. The van der Waals surface area contributed by atoms with E-state index in [2.05, 4.69) is 16.0 Å². The molecular formula is C14H17N3O5. The van der Waals surface area contributed by atoms with E-state index >= 15 is 0 Å². The van der Waals surface area contributed by atoms with Crippen LogP contribution in [-0.2, 0) is 19.1 Å². The Labute approximate surface area is 127 Å². The molecule has 8 nitrogen and oxygen atoms in total. The average molecular weight is 307 g/mol. The molecule has 0 atom stereocenters. The van der Waals surface area contributed by atoms with Crippen molar-refractivity contribution in [3.05, 3.63) is 29.8 Å². The molecule has 0 spiro atoms. The van der Waals surface area contributed by atoms with Crippen molar-refractivity contribution in [3.63, 3.8) is 0 Å². The number of hydrogen-bond donors (Lipinski definition) is 3. The molecule has 0 unspecified atom stereocenters. The largest absolute Gasteiger partial charge is 0.452 e. The Balaban J connectivity index is 2.50. The Hall–Kier alpha value is -2.90.